The number of hydrogen-bond donors (Lipinski definition) is 0. The molecule has 2 fully saturated rings. The van der Waals surface area contributed by atoms with Gasteiger partial charge in [-0.25, -0.2) is 4.79 Å². The van der Waals surface area contributed by atoms with Gasteiger partial charge in [0.15, 0.2) is 11.5 Å². The third-order valence-electron chi connectivity index (χ3n) is 6.77. The smallest absolute Gasteiger partial charge is 0.338 e. The second kappa shape index (κ2) is 11.5. The van der Waals surface area contributed by atoms with Crippen LogP contribution in [0.15, 0.2) is 48.5 Å². The van der Waals surface area contributed by atoms with Gasteiger partial charge in [-0.2, -0.15) is 0 Å². The molecule has 1 heterocycles. The van der Waals surface area contributed by atoms with E-state index in [4.69, 9.17) is 18.9 Å². The van der Waals surface area contributed by atoms with E-state index in [2.05, 4.69) is 11.0 Å². The number of carbonyl (C=O) groups excluding carboxylic acids is 1. The van der Waals surface area contributed by atoms with Crippen LogP contribution in [-0.4, -0.2) is 63.0 Å². The summed E-state index contributed by atoms with van der Waals surface area (Å²) in [4.78, 5) is 14.9. The first-order chi connectivity index (χ1) is 16.2. The molecule has 4 rings (SSSR count). The molecule has 33 heavy (non-hydrogen) atoms. The number of benzene rings is 2. The molecule has 0 spiro atoms. The number of hydrogen-bond acceptors (Lipinski definition) is 6. The van der Waals surface area contributed by atoms with Crippen LogP contribution in [-0.2, 0) is 15.9 Å². The Hall–Kier alpha value is -2.57. The Balaban J connectivity index is 1.28. The zero-order chi connectivity index (χ0) is 23.0. The largest absolute Gasteiger partial charge is 0.493 e. The summed E-state index contributed by atoms with van der Waals surface area (Å²) in [5.74, 6) is 1.26. The van der Waals surface area contributed by atoms with E-state index in [0.29, 0.717) is 18.2 Å². The van der Waals surface area contributed by atoms with Crippen LogP contribution in [0.1, 0.15) is 48.0 Å². The second-order valence-electron chi connectivity index (χ2n) is 8.88. The topological polar surface area (TPSA) is 57.2 Å². The molecule has 3 atom stereocenters. The Kier molecular flexibility index (Phi) is 8.24. The molecule has 0 amide bonds. The van der Waals surface area contributed by atoms with Crippen molar-refractivity contribution in [2.75, 3.05) is 33.9 Å². The molecule has 6 heteroatoms. The minimum absolute atomic E-state index is 0.0490. The van der Waals surface area contributed by atoms with E-state index in [1.165, 1.54) is 18.4 Å². The van der Waals surface area contributed by atoms with Crippen molar-refractivity contribution in [2.24, 2.45) is 0 Å². The van der Waals surface area contributed by atoms with Gasteiger partial charge in [-0.3, -0.25) is 4.90 Å². The molecule has 1 saturated heterocycles. The number of rotatable bonds is 9. The molecule has 1 aliphatic carbocycles. The summed E-state index contributed by atoms with van der Waals surface area (Å²) in [6.45, 7) is 2.42. The minimum atomic E-state index is -0.228. The van der Waals surface area contributed by atoms with Gasteiger partial charge in [0.2, 0.25) is 0 Å². The molecule has 2 aromatic rings. The summed E-state index contributed by atoms with van der Waals surface area (Å²) >= 11 is 0. The van der Waals surface area contributed by atoms with E-state index in [-0.39, 0.29) is 18.2 Å². The van der Waals surface area contributed by atoms with Crippen molar-refractivity contribution in [1.82, 2.24) is 4.90 Å². The molecule has 1 saturated carbocycles. The Labute approximate surface area is 196 Å². The Bertz CT molecular complexity index is 903. The number of methoxy groups -OCH3 is 2. The van der Waals surface area contributed by atoms with E-state index in [1.54, 1.807) is 26.4 Å². The zero-order valence-corrected chi connectivity index (χ0v) is 19.7. The standard InChI is InChI=1S/C27H35NO5/c1-30-25-13-12-20(18-26(25)31-2)15-17-32-24-11-7-6-10-23(24)28-16-14-22(19-28)33-27(29)21-8-4-3-5-9-21/h3-5,8-9,12-13,18,22-24H,6-7,10-11,14-17,19H2,1-2H3/t22-,23-,24?/m1/s1. The van der Waals surface area contributed by atoms with E-state index in [0.717, 1.165) is 50.3 Å². The number of nitrogens with zero attached hydrogens (tertiary/aromatic N) is 1. The second-order valence-corrected chi connectivity index (χ2v) is 8.88. The van der Waals surface area contributed by atoms with Crippen LogP contribution < -0.4 is 9.47 Å². The van der Waals surface area contributed by atoms with Crippen molar-refractivity contribution < 1.29 is 23.7 Å². The molecular formula is C27H35NO5. The quantitative estimate of drug-likeness (QED) is 0.521. The van der Waals surface area contributed by atoms with Crippen molar-refractivity contribution in [3.63, 3.8) is 0 Å². The summed E-state index contributed by atoms with van der Waals surface area (Å²) in [6, 6.07) is 15.7. The highest BCUT2D eigenvalue weighted by atomic mass is 16.5. The maximum absolute atomic E-state index is 12.4. The lowest BCUT2D eigenvalue weighted by Gasteiger charge is -2.37. The van der Waals surface area contributed by atoms with Gasteiger partial charge in [0.05, 0.1) is 32.5 Å². The van der Waals surface area contributed by atoms with Crippen molar-refractivity contribution in [3.05, 3.63) is 59.7 Å². The average molecular weight is 454 g/mol. The summed E-state index contributed by atoms with van der Waals surface area (Å²) in [5, 5.41) is 0. The maximum Gasteiger partial charge on any atom is 0.338 e. The van der Waals surface area contributed by atoms with Crippen LogP contribution in [0, 0.1) is 0 Å². The molecule has 6 nitrogen and oxygen atoms in total. The predicted molar refractivity (Wildman–Crippen MR) is 127 cm³/mol. The lowest BCUT2D eigenvalue weighted by Crippen LogP contribution is -2.46. The molecule has 178 valence electrons. The van der Waals surface area contributed by atoms with Gasteiger partial charge in [-0.05, 0) is 55.5 Å². The molecule has 0 N–H and O–H groups in total. The third-order valence-corrected chi connectivity index (χ3v) is 6.77. The normalized spacial score (nSPS) is 23.3. The molecule has 0 bridgehead atoms. The van der Waals surface area contributed by atoms with Crippen LogP contribution in [0.4, 0.5) is 0 Å². The fourth-order valence-electron chi connectivity index (χ4n) is 5.00. The number of likely N-dealkylation sites (tertiary alicyclic amines) is 1. The number of ether oxygens (including phenoxy) is 4. The van der Waals surface area contributed by atoms with Crippen molar-refractivity contribution >= 4 is 5.97 Å². The van der Waals surface area contributed by atoms with Gasteiger partial charge in [0, 0.05) is 19.1 Å². The van der Waals surface area contributed by atoms with Crippen molar-refractivity contribution in [3.8, 4) is 11.5 Å². The highest BCUT2D eigenvalue weighted by Crippen LogP contribution is 2.30. The first kappa shape index (κ1) is 23.6. The number of esters is 1. The summed E-state index contributed by atoms with van der Waals surface area (Å²) < 4.78 is 22.9. The molecule has 2 aliphatic rings. The first-order valence-corrected chi connectivity index (χ1v) is 12.0. The van der Waals surface area contributed by atoms with E-state index in [9.17, 15) is 4.79 Å². The minimum Gasteiger partial charge on any atom is -0.493 e. The van der Waals surface area contributed by atoms with Crippen LogP contribution in [0.25, 0.3) is 0 Å². The molecule has 0 radical (unpaired) electrons. The van der Waals surface area contributed by atoms with Crippen LogP contribution in [0.2, 0.25) is 0 Å². The van der Waals surface area contributed by atoms with Crippen molar-refractivity contribution in [2.45, 2.75) is 56.8 Å². The highest BCUT2D eigenvalue weighted by Gasteiger charge is 2.36. The lowest BCUT2D eigenvalue weighted by molar-refractivity contribution is -0.0327. The summed E-state index contributed by atoms with van der Waals surface area (Å²) in [7, 11) is 3.31. The van der Waals surface area contributed by atoms with Gasteiger partial charge >= 0.3 is 5.97 Å². The molecule has 0 aromatic heterocycles. The van der Waals surface area contributed by atoms with Crippen molar-refractivity contribution in [1.29, 1.82) is 0 Å². The maximum atomic E-state index is 12.4. The zero-order valence-electron chi connectivity index (χ0n) is 19.7. The summed E-state index contributed by atoms with van der Waals surface area (Å²) in [6.07, 6.45) is 6.55. The number of carbonyl (C=O) groups is 1. The Morgan fingerprint density at radius 2 is 1.76 bits per heavy atom. The van der Waals surface area contributed by atoms with Gasteiger partial charge in [0.25, 0.3) is 0 Å². The van der Waals surface area contributed by atoms with Gasteiger partial charge in [0.1, 0.15) is 6.10 Å². The first-order valence-electron chi connectivity index (χ1n) is 12.0. The molecule has 1 unspecified atom stereocenters. The summed E-state index contributed by atoms with van der Waals surface area (Å²) in [5.41, 5.74) is 1.79. The average Bonchev–Trinajstić information content (AvgIpc) is 3.33. The highest BCUT2D eigenvalue weighted by molar-refractivity contribution is 5.89. The van der Waals surface area contributed by atoms with Crippen LogP contribution in [0.3, 0.4) is 0 Å². The molecular weight excluding hydrogens is 418 g/mol. The van der Waals surface area contributed by atoms with Crippen LogP contribution in [0.5, 0.6) is 11.5 Å². The lowest BCUT2D eigenvalue weighted by atomic mass is 9.91. The Morgan fingerprint density at radius 3 is 2.55 bits per heavy atom. The SMILES string of the molecule is COc1ccc(CCOC2CCCC[C@H]2N2CC[C@@H](OC(=O)c3ccccc3)C2)cc1OC. The third kappa shape index (κ3) is 6.06. The van der Waals surface area contributed by atoms with E-state index >= 15 is 0 Å². The van der Waals surface area contributed by atoms with Gasteiger partial charge in [-0.1, -0.05) is 37.1 Å². The van der Waals surface area contributed by atoms with Gasteiger partial charge in [-0.15, -0.1) is 0 Å². The fourth-order valence-corrected chi connectivity index (χ4v) is 5.00. The van der Waals surface area contributed by atoms with E-state index in [1.807, 2.05) is 30.3 Å². The monoisotopic (exact) mass is 453 g/mol. The molecule has 1 aliphatic heterocycles. The molecule has 2 aromatic carbocycles. The van der Waals surface area contributed by atoms with E-state index < -0.39 is 0 Å². The Morgan fingerprint density at radius 1 is 0.970 bits per heavy atom. The predicted octanol–water partition coefficient (Wildman–Crippen LogP) is 4.51. The van der Waals surface area contributed by atoms with Gasteiger partial charge < -0.3 is 18.9 Å². The fraction of sp³-hybridized carbons (Fsp3) is 0.519. The van der Waals surface area contributed by atoms with Crippen LogP contribution >= 0.6 is 0 Å².